The van der Waals surface area contributed by atoms with Crippen LogP contribution in [0.3, 0.4) is 0 Å². The highest BCUT2D eigenvalue weighted by atomic mass is 35.5. The summed E-state index contributed by atoms with van der Waals surface area (Å²) in [6, 6.07) is 12.6. The molecule has 0 aliphatic rings. The average molecular weight is 294 g/mol. The molecule has 1 atom stereocenters. The molecule has 0 fully saturated rings. The minimum atomic E-state index is -0.411. The lowest BCUT2D eigenvalue weighted by atomic mass is 10.1. The van der Waals surface area contributed by atoms with E-state index in [1.54, 1.807) is 12.1 Å². The lowest BCUT2D eigenvalue weighted by molar-refractivity contribution is 0.340. The number of rotatable bonds is 5. The number of hydrogen-bond acceptors (Lipinski definition) is 2. The van der Waals surface area contributed by atoms with Crippen molar-refractivity contribution in [2.75, 3.05) is 11.9 Å². The SMILES string of the molecule is CCOc1ccc(C(C)Nc2ccc(F)c(Cl)c2)cc1. The van der Waals surface area contributed by atoms with Crippen LogP contribution in [0.15, 0.2) is 42.5 Å². The molecule has 0 aromatic heterocycles. The predicted molar refractivity (Wildman–Crippen MR) is 81.1 cm³/mol. The molecule has 2 nitrogen and oxygen atoms in total. The van der Waals surface area contributed by atoms with Gasteiger partial charge in [0.05, 0.1) is 11.6 Å². The van der Waals surface area contributed by atoms with Crippen LogP contribution in [-0.2, 0) is 0 Å². The van der Waals surface area contributed by atoms with E-state index in [2.05, 4.69) is 5.32 Å². The van der Waals surface area contributed by atoms with Crippen LogP contribution in [0, 0.1) is 5.82 Å². The third-order valence-corrected chi connectivity index (χ3v) is 3.28. The first-order valence-corrected chi connectivity index (χ1v) is 6.92. The van der Waals surface area contributed by atoms with Crippen molar-refractivity contribution >= 4 is 17.3 Å². The van der Waals surface area contributed by atoms with E-state index >= 15 is 0 Å². The van der Waals surface area contributed by atoms with Gasteiger partial charge in [-0.3, -0.25) is 0 Å². The van der Waals surface area contributed by atoms with Crippen molar-refractivity contribution < 1.29 is 9.13 Å². The van der Waals surface area contributed by atoms with E-state index in [4.69, 9.17) is 16.3 Å². The maximum atomic E-state index is 13.1. The molecule has 106 valence electrons. The van der Waals surface area contributed by atoms with Crippen molar-refractivity contribution in [1.82, 2.24) is 0 Å². The summed E-state index contributed by atoms with van der Waals surface area (Å²) >= 11 is 5.77. The third-order valence-electron chi connectivity index (χ3n) is 2.99. The summed E-state index contributed by atoms with van der Waals surface area (Å²) in [6.45, 7) is 4.64. The zero-order chi connectivity index (χ0) is 14.5. The highest BCUT2D eigenvalue weighted by Gasteiger charge is 2.07. The summed E-state index contributed by atoms with van der Waals surface area (Å²) in [5.74, 6) is 0.444. The molecule has 0 radical (unpaired) electrons. The first-order chi connectivity index (χ1) is 9.60. The molecule has 1 unspecified atom stereocenters. The topological polar surface area (TPSA) is 21.3 Å². The third kappa shape index (κ3) is 3.64. The van der Waals surface area contributed by atoms with Crippen LogP contribution < -0.4 is 10.1 Å². The summed E-state index contributed by atoms with van der Waals surface area (Å²) < 4.78 is 18.5. The summed E-state index contributed by atoms with van der Waals surface area (Å²) in [5.41, 5.74) is 1.91. The summed E-state index contributed by atoms with van der Waals surface area (Å²) in [5, 5.41) is 3.41. The first-order valence-electron chi connectivity index (χ1n) is 6.54. The zero-order valence-electron chi connectivity index (χ0n) is 11.5. The van der Waals surface area contributed by atoms with Gasteiger partial charge in [-0.2, -0.15) is 0 Å². The van der Waals surface area contributed by atoms with Gasteiger partial charge in [0, 0.05) is 11.7 Å². The van der Waals surface area contributed by atoms with Gasteiger partial charge in [-0.15, -0.1) is 0 Å². The number of nitrogens with one attached hydrogen (secondary N) is 1. The molecule has 1 N–H and O–H groups in total. The Morgan fingerprint density at radius 3 is 2.50 bits per heavy atom. The van der Waals surface area contributed by atoms with Crippen LogP contribution in [-0.4, -0.2) is 6.61 Å². The monoisotopic (exact) mass is 293 g/mol. The van der Waals surface area contributed by atoms with Crippen LogP contribution in [0.2, 0.25) is 5.02 Å². The van der Waals surface area contributed by atoms with Gasteiger partial charge < -0.3 is 10.1 Å². The number of ether oxygens (including phenoxy) is 1. The molecule has 0 aliphatic carbocycles. The second-order valence-electron chi connectivity index (χ2n) is 4.50. The van der Waals surface area contributed by atoms with Crippen molar-refractivity contribution in [3.63, 3.8) is 0 Å². The standard InChI is InChI=1S/C16H17ClFNO/c1-3-20-14-7-4-12(5-8-14)11(2)19-13-6-9-16(18)15(17)10-13/h4-11,19H,3H2,1-2H3. The van der Waals surface area contributed by atoms with E-state index < -0.39 is 5.82 Å². The van der Waals surface area contributed by atoms with Crippen LogP contribution in [0.5, 0.6) is 5.75 Å². The highest BCUT2D eigenvalue weighted by Crippen LogP contribution is 2.24. The van der Waals surface area contributed by atoms with Gasteiger partial charge in [-0.05, 0) is 49.7 Å². The van der Waals surface area contributed by atoms with Gasteiger partial charge in [0.15, 0.2) is 0 Å². The van der Waals surface area contributed by atoms with Crippen molar-refractivity contribution in [3.8, 4) is 5.75 Å². The smallest absolute Gasteiger partial charge is 0.141 e. The Labute approximate surface area is 123 Å². The van der Waals surface area contributed by atoms with Crippen molar-refractivity contribution in [2.45, 2.75) is 19.9 Å². The summed E-state index contributed by atoms with van der Waals surface area (Å²) in [4.78, 5) is 0. The molecule has 0 heterocycles. The fourth-order valence-corrected chi connectivity index (χ4v) is 2.12. The van der Waals surface area contributed by atoms with E-state index in [1.807, 2.05) is 38.1 Å². The first kappa shape index (κ1) is 14.7. The van der Waals surface area contributed by atoms with E-state index in [1.165, 1.54) is 6.07 Å². The Hall–Kier alpha value is -1.74. The number of halogens is 2. The van der Waals surface area contributed by atoms with Gasteiger partial charge in [0.2, 0.25) is 0 Å². The van der Waals surface area contributed by atoms with Gasteiger partial charge in [0.25, 0.3) is 0 Å². The van der Waals surface area contributed by atoms with Crippen molar-refractivity contribution in [1.29, 1.82) is 0 Å². The number of hydrogen-bond donors (Lipinski definition) is 1. The minimum Gasteiger partial charge on any atom is -0.494 e. The number of benzene rings is 2. The fourth-order valence-electron chi connectivity index (χ4n) is 1.94. The molecule has 2 rings (SSSR count). The Morgan fingerprint density at radius 1 is 1.20 bits per heavy atom. The highest BCUT2D eigenvalue weighted by molar-refractivity contribution is 6.31. The van der Waals surface area contributed by atoms with Gasteiger partial charge in [-0.25, -0.2) is 4.39 Å². The van der Waals surface area contributed by atoms with Crippen LogP contribution >= 0.6 is 11.6 Å². The normalized spacial score (nSPS) is 12.0. The Morgan fingerprint density at radius 2 is 1.90 bits per heavy atom. The van der Waals surface area contributed by atoms with E-state index in [0.717, 1.165) is 17.0 Å². The molecule has 20 heavy (non-hydrogen) atoms. The van der Waals surface area contributed by atoms with Crippen molar-refractivity contribution in [3.05, 3.63) is 58.9 Å². The van der Waals surface area contributed by atoms with Crippen LogP contribution in [0.1, 0.15) is 25.5 Å². The lowest BCUT2D eigenvalue weighted by Crippen LogP contribution is -2.06. The molecule has 2 aromatic carbocycles. The average Bonchev–Trinajstić information content (AvgIpc) is 2.44. The largest absolute Gasteiger partial charge is 0.494 e. The fraction of sp³-hybridized carbons (Fsp3) is 0.250. The van der Waals surface area contributed by atoms with Gasteiger partial charge >= 0.3 is 0 Å². The Kier molecular flexibility index (Phi) is 4.85. The Bertz CT molecular complexity index is 571. The van der Waals surface area contributed by atoms with Gasteiger partial charge in [0.1, 0.15) is 11.6 Å². The summed E-state index contributed by atoms with van der Waals surface area (Å²) in [6.07, 6.45) is 0. The molecular formula is C16H17ClFNO. The van der Waals surface area contributed by atoms with Crippen LogP contribution in [0.25, 0.3) is 0 Å². The van der Waals surface area contributed by atoms with Gasteiger partial charge in [-0.1, -0.05) is 23.7 Å². The quantitative estimate of drug-likeness (QED) is 0.833. The summed E-state index contributed by atoms with van der Waals surface area (Å²) in [7, 11) is 0. The minimum absolute atomic E-state index is 0.0900. The second kappa shape index (κ2) is 6.62. The molecule has 0 aliphatic heterocycles. The molecular weight excluding hydrogens is 277 g/mol. The van der Waals surface area contributed by atoms with E-state index in [9.17, 15) is 4.39 Å². The van der Waals surface area contributed by atoms with E-state index in [0.29, 0.717) is 6.61 Å². The maximum Gasteiger partial charge on any atom is 0.141 e. The van der Waals surface area contributed by atoms with Crippen molar-refractivity contribution in [2.24, 2.45) is 0 Å². The molecule has 2 aromatic rings. The molecule has 0 saturated carbocycles. The van der Waals surface area contributed by atoms with Crippen LogP contribution in [0.4, 0.5) is 10.1 Å². The van der Waals surface area contributed by atoms with E-state index in [-0.39, 0.29) is 11.1 Å². The number of anilines is 1. The molecule has 0 amide bonds. The Balaban J connectivity index is 2.06. The lowest BCUT2D eigenvalue weighted by Gasteiger charge is -2.16. The second-order valence-corrected chi connectivity index (χ2v) is 4.90. The predicted octanol–water partition coefficient (Wildman–Crippen LogP) is 5.05. The molecule has 0 spiro atoms. The molecule has 0 bridgehead atoms. The molecule has 0 saturated heterocycles. The zero-order valence-corrected chi connectivity index (χ0v) is 12.2. The maximum absolute atomic E-state index is 13.1. The molecule has 4 heteroatoms.